The van der Waals surface area contributed by atoms with Crippen LogP contribution in [0.5, 0.6) is 0 Å². The minimum absolute atomic E-state index is 0.0494. The number of nitrogens with one attached hydrogen (secondary N) is 2. The molecule has 0 spiro atoms. The molecule has 1 atom stereocenters. The zero-order valence-corrected chi connectivity index (χ0v) is 15.5. The molecule has 0 saturated carbocycles. The van der Waals surface area contributed by atoms with Crippen LogP contribution < -0.4 is 10.2 Å². The molecule has 0 radical (unpaired) electrons. The van der Waals surface area contributed by atoms with Gasteiger partial charge in [-0.2, -0.15) is 0 Å². The summed E-state index contributed by atoms with van der Waals surface area (Å²) in [5.74, 6) is 0.0620. The van der Waals surface area contributed by atoms with Gasteiger partial charge < -0.3 is 15.0 Å². The van der Waals surface area contributed by atoms with Crippen LogP contribution >= 0.6 is 0 Å². The van der Waals surface area contributed by atoms with E-state index >= 15 is 0 Å². The lowest BCUT2D eigenvalue weighted by Gasteiger charge is -2.31. The van der Waals surface area contributed by atoms with Gasteiger partial charge in [0.05, 0.1) is 38.8 Å². The summed E-state index contributed by atoms with van der Waals surface area (Å²) >= 11 is 0. The molecule has 6 heteroatoms. The third-order valence-electron chi connectivity index (χ3n) is 4.63. The summed E-state index contributed by atoms with van der Waals surface area (Å²) in [4.78, 5) is 27.0. The van der Waals surface area contributed by atoms with Crippen LogP contribution in [0.4, 0.5) is 4.79 Å². The monoisotopic (exact) mass is 348 g/mol. The van der Waals surface area contributed by atoms with Crippen LogP contribution in [0, 0.1) is 6.92 Å². The number of carbonyl (C=O) groups excluding carboxylic acids is 2. The number of rotatable bonds is 6. The maximum absolute atomic E-state index is 12.4. The highest BCUT2D eigenvalue weighted by atomic mass is 16.6. The van der Waals surface area contributed by atoms with Crippen molar-refractivity contribution in [2.75, 3.05) is 39.3 Å². The standard InChI is InChI=1S/C19H29N3O3/c1-4-17(16-8-6-15(3)7-9-16)20-18(23)14-21-10-12-22(13-11-21)19(24)25-5-2/h6-9,17H,4-5,10-14H2,1-3H3,(H,20,23)/p+1/t17-/m0/s1. The zero-order valence-electron chi connectivity index (χ0n) is 15.5. The highest BCUT2D eigenvalue weighted by Gasteiger charge is 2.26. The second-order valence-corrected chi connectivity index (χ2v) is 6.55. The fourth-order valence-corrected chi connectivity index (χ4v) is 3.09. The van der Waals surface area contributed by atoms with Crippen LogP contribution in [0.3, 0.4) is 0 Å². The van der Waals surface area contributed by atoms with E-state index in [0.29, 0.717) is 26.2 Å². The van der Waals surface area contributed by atoms with Gasteiger partial charge in [-0.25, -0.2) is 4.79 Å². The summed E-state index contributed by atoms with van der Waals surface area (Å²) in [6.07, 6.45) is 0.609. The number of quaternary nitrogens is 1. The van der Waals surface area contributed by atoms with Crippen LogP contribution in [0.25, 0.3) is 0 Å². The van der Waals surface area contributed by atoms with Gasteiger partial charge in [0.1, 0.15) is 0 Å². The lowest BCUT2D eigenvalue weighted by molar-refractivity contribution is -0.896. The van der Waals surface area contributed by atoms with Crippen molar-refractivity contribution in [1.29, 1.82) is 0 Å². The Morgan fingerprint density at radius 3 is 2.40 bits per heavy atom. The number of carbonyl (C=O) groups is 2. The van der Waals surface area contributed by atoms with Crippen molar-refractivity contribution >= 4 is 12.0 Å². The van der Waals surface area contributed by atoms with Crippen molar-refractivity contribution < 1.29 is 19.2 Å². The number of ether oxygens (including phenoxy) is 1. The first kappa shape index (κ1) is 19.2. The van der Waals surface area contributed by atoms with Crippen molar-refractivity contribution in [3.05, 3.63) is 35.4 Å². The predicted octanol–water partition coefficient (Wildman–Crippen LogP) is 0.919. The van der Waals surface area contributed by atoms with Crippen molar-refractivity contribution in [3.63, 3.8) is 0 Å². The van der Waals surface area contributed by atoms with Crippen molar-refractivity contribution in [2.24, 2.45) is 0 Å². The molecular weight excluding hydrogens is 318 g/mol. The van der Waals surface area contributed by atoms with Gasteiger partial charge in [-0.3, -0.25) is 9.69 Å². The number of amides is 2. The van der Waals surface area contributed by atoms with Gasteiger partial charge in [0.2, 0.25) is 0 Å². The minimum atomic E-state index is -0.253. The van der Waals surface area contributed by atoms with Crippen LogP contribution in [-0.2, 0) is 9.53 Å². The Hall–Kier alpha value is -2.08. The van der Waals surface area contributed by atoms with Crippen LogP contribution in [0.2, 0.25) is 0 Å². The van der Waals surface area contributed by atoms with E-state index in [2.05, 4.69) is 43.4 Å². The summed E-state index contributed by atoms with van der Waals surface area (Å²) in [5, 5.41) is 3.14. The van der Waals surface area contributed by atoms with Gasteiger partial charge in [-0.05, 0) is 25.8 Å². The molecule has 0 bridgehead atoms. The Morgan fingerprint density at radius 1 is 1.20 bits per heavy atom. The molecule has 1 aromatic rings. The highest BCUT2D eigenvalue weighted by molar-refractivity contribution is 5.77. The fourth-order valence-electron chi connectivity index (χ4n) is 3.09. The summed E-state index contributed by atoms with van der Waals surface area (Å²) < 4.78 is 5.02. The molecule has 25 heavy (non-hydrogen) atoms. The lowest BCUT2D eigenvalue weighted by atomic mass is 10.0. The van der Waals surface area contributed by atoms with E-state index < -0.39 is 0 Å². The molecule has 1 aliphatic heterocycles. The number of piperazine rings is 1. The first-order valence-corrected chi connectivity index (χ1v) is 9.14. The van der Waals surface area contributed by atoms with Gasteiger partial charge >= 0.3 is 6.09 Å². The largest absolute Gasteiger partial charge is 0.450 e. The smallest absolute Gasteiger partial charge is 0.410 e. The molecule has 1 fully saturated rings. The maximum Gasteiger partial charge on any atom is 0.410 e. The average molecular weight is 348 g/mol. The van der Waals surface area contributed by atoms with Crippen molar-refractivity contribution in [2.45, 2.75) is 33.2 Å². The second-order valence-electron chi connectivity index (χ2n) is 6.55. The fraction of sp³-hybridized carbons (Fsp3) is 0.579. The first-order chi connectivity index (χ1) is 12.0. The Morgan fingerprint density at radius 2 is 1.84 bits per heavy atom. The molecule has 1 heterocycles. The Bertz CT molecular complexity index is 566. The first-order valence-electron chi connectivity index (χ1n) is 9.14. The van der Waals surface area contributed by atoms with Crippen LogP contribution in [0.1, 0.15) is 37.4 Å². The SMILES string of the molecule is CCOC(=O)N1CC[NH+](CC(=O)N[C@@H](CC)c2ccc(C)cc2)CC1. The molecule has 0 aromatic heterocycles. The summed E-state index contributed by atoms with van der Waals surface area (Å²) in [5.41, 5.74) is 2.36. The summed E-state index contributed by atoms with van der Waals surface area (Å²) in [6, 6.07) is 8.35. The van der Waals surface area contributed by atoms with Crippen LogP contribution in [0.15, 0.2) is 24.3 Å². The third-order valence-corrected chi connectivity index (χ3v) is 4.63. The Balaban J connectivity index is 1.80. The molecule has 2 amide bonds. The quantitative estimate of drug-likeness (QED) is 0.804. The summed E-state index contributed by atoms with van der Waals surface area (Å²) in [6.45, 7) is 9.60. The van der Waals surface area contributed by atoms with Gasteiger partial charge in [0.15, 0.2) is 6.54 Å². The van der Waals surface area contributed by atoms with E-state index in [1.807, 2.05) is 6.92 Å². The van der Waals surface area contributed by atoms with E-state index in [4.69, 9.17) is 4.74 Å². The number of hydrogen-bond acceptors (Lipinski definition) is 3. The molecule has 0 unspecified atom stereocenters. The topological polar surface area (TPSA) is 63.1 Å². The molecule has 1 aliphatic rings. The van der Waals surface area contributed by atoms with Crippen molar-refractivity contribution in [1.82, 2.24) is 10.2 Å². The van der Waals surface area contributed by atoms with Gasteiger partial charge in [-0.1, -0.05) is 36.8 Å². The van der Waals surface area contributed by atoms with Crippen molar-refractivity contribution in [3.8, 4) is 0 Å². The van der Waals surface area contributed by atoms with Gasteiger partial charge in [-0.15, -0.1) is 0 Å². The number of aryl methyl sites for hydroxylation is 1. The van der Waals surface area contributed by atoms with E-state index in [1.165, 1.54) is 10.5 Å². The third kappa shape index (κ3) is 5.74. The number of hydrogen-bond donors (Lipinski definition) is 2. The highest BCUT2D eigenvalue weighted by Crippen LogP contribution is 2.16. The van der Waals surface area contributed by atoms with Crippen LogP contribution in [-0.4, -0.2) is 56.2 Å². The summed E-state index contributed by atoms with van der Waals surface area (Å²) in [7, 11) is 0. The Labute approximate surface area is 150 Å². The van der Waals surface area contributed by atoms with E-state index in [9.17, 15) is 9.59 Å². The predicted molar refractivity (Wildman–Crippen MR) is 96.5 cm³/mol. The molecule has 138 valence electrons. The zero-order chi connectivity index (χ0) is 18.2. The molecule has 0 aliphatic carbocycles. The molecule has 1 saturated heterocycles. The molecule has 1 aromatic carbocycles. The molecular formula is C19H30N3O3+. The molecule has 2 rings (SSSR count). The average Bonchev–Trinajstić information content (AvgIpc) is 2.61. The van der Waals surface area contributed by atoms with E-state index in [1.54, 1.807) is 4.90 Å². The lowest BCUT2D eigenvalue weighted by Crippen LogP contribution is -3.15. The molecule has 2 N–H and O–H groups in total. The Kier molecular flexibility index (Phi) is 7.25. The van der Waals surface area contributed by atoms with E-state index in [-0.39, 0.29) is 18.0 Å². The van der Waals surface area contributed by atoms with Gasteiger partial charge in [0, 0.05) is 0 Å². The van der Waals surface area contributed by atoms with E-state index in [0.717, 1.165) is 25.1 Å². The maximum atomic E-state index is 12.4. The number of benzene rings is 1. The normalized spacial score (nSPS) is 16.4. The number of nitrogens with zero attached hydrogens (tertiary/aromatic N) is 1. The molecule has 6 nitrogen and oxygen atoms in total. The second kappa shape index (κ2) is 9.42. The van der Waals surface area contributed by atoms with Gasteiger partial charge in [0.25, 0.3) is 5.91 Å². The minimum Gasteiger partial charge on any atom is -0.450 e.